The quantitative estimate of drug-likeness (QED) is 0.722. The Kier molecular flexibility index (Phi) is 1.74. The van der Waals surface area contributed by atoms with Crippen LogP contribution in [-0.4, -0.2) is 22.3 Å². The Morgan fingerprint density at radius 1 is 1.31 bits per heavy atom. The summed E-state index contributed by atoms with van der Waals surface area (Å²) in [5.41, 5.74) is 5.90. The van der Waals surface area contributed by atoms with Gasteiger partial charge in [-0.3, -0.25) is 14.5 Å². The van der Waals surface area contributed by atoms with E-state index in [4.69, 9.17) is 5.73 Å². The number of fused-ring (bicyclic) bond motifs is 1. The van der Waals surface area contributed by atoms with Crippen LogP contribution in [0.1, 0.15) is 12.0 Å². The van der Waals surface area contributed by atoms with Gasteiger partial charge in [0.25, 0.3) is 0 Å². The van der Waals surface area contributed by atoms with Crippen LogP contribution in [0.3, 0.4) is 0 Å². The van der Waals surface area contributed by atoms with Crippen LogP contribution in [0, 0.1) is 5.92 Å². The molecule has 16 heavy (non-hydrogen) atoms. The average molecular weight is 216 g/mol. The lowest BCUT2D eigenvalue weighted by Crippen LogP contribution is -2.40. The van der Waals surface area contributed by atoms with Gasteiger partial charge in [0.15, 0.2) is 0 Å². The molecule has 3 rings (SSSR count). The van der Waals surface area contributed by atoms with Gasteiger partial charge in [-0.15, -0.1) is 0 Å². The predicted octanol–water partition coefficient (Wildman–Crippen LogP) is 0.273. The molecule has 1 aromatic rings. The number of rotatable bonds is 2. The number of likely N-dealkylation sites (tertiary alicyclic amines) is 1. The van der Waals surface area contributed by atoms with Crippen molar-refractivity contribution in [2.45, 2.75) is 18.5 Å². The van der Waals surface area contributed by atoms with Gasteiger partial charge in [-0.1, -0.05) is 30.3 Å². The second-order valence-electron chi connectivity index (χ2n) is 4.51. The van der Waals surface area contributed by atoms with Crippen molar-refractivity contribution in [1.82, 2.24) is 4.90 Å². The molecule has 1 saturated carbocycles. The Labute approximate surface area is 93.0 Å². The van der Waals surface area contributed by atoms with E-state index in [2.05, 4.69) is 0 Å². The number of imide groups is 1. The topological polar surface area (TPSA) is 63.4 Å². The molecule has 2 atom stereocenters. The summed E-state index contributed by atoms with van der Waals surface area (Å²) < 4.78 is 0. The van der Waals surface area contributed by atoms with Crippen LogP contribution in [0.5, 0.6) is 0 Å². The number of carbonyl (C=O) groups excluding carboxylic acids is 2. The van der Waals surface area contributed by atoms with Gasteiger partial charge in [-0.2, -0.15) is 0 Å². The molecule has 1 aliphatic carbocycles. The zero-order valence-electron chi connectivity index (χ0n) is 8.72. The average Bonchev–Trinajstić information content (AvgIpc) is 2.95. The zero-order chi connectivity index (χ0) is 11.3. The second-order valence-corrected chi connectivity index (χ2v) is 4.51. The van der Waals surface area contributed by atoms with Crippen LogP contribution < -0.4 is 5.73 Å². The lowest BCUT2D eigenvalue weighted by Gasteiger charge is -2.17. The Morgan fingerprint density at radius 3 is 2.56 bits per heavy atom. The highest BCUT2D eigenvalue weighted by atomic mass is 16.2. The first-order valence-corrected chi connectivity index (χ1v) is 5.31. The fraction of sp³-hybridized carbons (Fsp3) is 0.333. The van der Waals surface area contributed by atoms with Crippen molar-refractivity contribution >= 4 is 11.8 Å². The Bertz CT molecular complexity index is 471. The molecule has 4 heteroatoms. The maximum atomic E-state index is 11.9. The number of benzene rings is 1. The molecule has 2 unspecified atom stereocenters. The van der Waals surface area contributed by atoms with E-state index in [0.29, 0.717) is 13.0 Å². The van der Waals surface area contributed by atoms with Gasteiger partial charge in [-0.25, -0.2) is 0 Å². The second kappa shape index (κ2) is 2.92. The van der Waals surface area contributed by atoms with E-state index in [-0.39, 0.29) is 17.7 Å². The van der Waals surface area contributed by atoms with E-state index in [0.717, 1.165) is 5.56 Å². The third kappa shape index (κ3) is 1.13. The number of nitrogens with two attached hydrogens (primary N) is 1. The van der Waals surface area contributed by atoms with Gasteiger partial charge in [0, 0.05) is 0 Å². The molecule has 82 valence electrons. The molecule has 1 aliphatic heterocycles. The maximum Gasteiger partial charge on any atom is 0.250 e. The molecule has 0 aromatic heterocycles. The van der Waals surface area contributed by atoms with Crippen molar-refractivity contribution in [2.75, 3.05) is 0 Å². The van der Waals surface area contributed by atoms with E-state index in [9.17, 15) is 9.59 Å². The minimum Gasteiger partial charge on any atom is -0.317 e. The van der Waals surface area contributed by atoms with Crippen LogP contribution in [0.25, 0.3) is 0 Å². The minimum atomic E-state index is -0.869. The highest BCUT2D eigenvalue weighted by Gasteiger charge is 2.69. The molecule has 0 bridgehead atoms. The van der Waals surface area contributed by atoms with Crippen LogP contribution in [0.2, 0.25) is 0 Å². The molecule has 2 fully saturated rings. The molecule has 1 saturated heterocycles. The van der Waals surface area contributed by atoms with Crippen molar-refractivity contribution in [3.63, 3.8) is 0 Å². The molecular formula is C12H12N2O2. The predicted molar refractivity (Wildman–Crippen MR) is 57.0 cm³/mol. The number of amides is 2. The van der Waals surface area contributed by atoms with Crippen LogP contribution in [0.4, 0.5) is 0 Å². The largest absolute Gasteiger partial charge is 0.317 e. The molecule has 0 spiro atoms. The summed E-state index contributed by atoms with van der Waals surface area (Å²) in [5, 5.41) is 0. The number of nitrogens with zero attached hydrogens (tertiary/aromatic N) is 1. The monoisotopic (exact) mass is 216 g/mol. The van der Waals surface area contributed by atoms with Gasteiger partial charge in [0.2, 0.25) is 11.8 Å². The molecule has 1 aromatic carbocycles. The first-order chi connectivity index (χ1) is 7.63. The third-order valence-electron chi connectivity index (χ3n) is 3.39. The lowest BCUT2D eigenvalue weighted by molar-refractivity contribution is -0.142. The van der Waals surface area contributed by atoms with Crippen molar-refractivity contribution in [3.05, 3.63) is 35.9 Å². The third-order valence-corrected chi connectivity index (χ3v) is 3.39. The summed E-state index contributed by atoms with van der Waals surface area (Å²) in [7, 11) is 0. The van der Waals surface area contributed by atoms with Crippen molar-refractivity contribution in [1.29, 1.82) is 0 Å². The summed E-state index contributed by atoms with van der Waals surface area (Å²) in [6.07, 6.45) is 0.524. The molecule has 2 amide bonds. The normalized spacial score (nSPS) is 31.8. The zero-order valence-corrected chi connectivity index (χ0v) is 8.72. The Morgan fingerprint density at radius 2 is 2.00 bits per heavy atom. The summed E-state index contributed by atoms with van der Waals surface area (Å²) in [6, 6.07) is 9.47. The van der Waals surface area contributed by atoms with Gasteiger partial charge in [0.1, 0.15) is 5.54 Å². The number of hydrogen-bond donors (Lipinski definition) is 1. The van der Waals surface area contributed by atoms with E-state index < -0.39 is 5.54 Å². The van der Waals surface area contributed by atoms with Crippen LogP contribution in [0.15, 0.2) is 30.3 Å². The first-order valence-electron chi connectivity index (χ1n) is 5.31. The van der Waals surface area contributed by atoms with Crippen LogP contribution in [-0.2, 0) is 16.1 Å². The lowest BCUT2D eigenvalue weighted by atomic mass is 10.2. The van der Waals surface area contributed by atoms with E-state index >= 15 is 0 Å². The Balaban J connectivity index is 1.83. The van der Waals surface area contributed by atoms with Crippen molar-refractivity contribution < 1.29 is 9.59 Å². The first kappa shape index (κ1) is 9.54. The highest BCUT2D eigenvalue weighted by Crippen LogP contribution is 2.49. The molecule has 1 heterocycles. The fourth-order valence-corrected chi connectivity index (χ4v) is 2.28. The van der Waals surface area contributed by atoms with Crippen molar-refractivity contribution in [3.8, 4) is 0 Å². The van der Waals surface area contributed by atoms with Gasteiger partial charge >= 0.3 is 0 Å². The molecular weight excluding hydrogens is 204 g/mol. The van der Waals surface area contributed by atoms with Gasteiger partial charge < -0.3 is 5.73 Å². The number of carbonyl (C=O) groups is 2. The Hall–Kier alpha value is -1.68. The van der Waals surface area contributed by atoms with Crippen LogP contribution >= 0.6 is 0 Å². The molecule has 2 N–H and O–H groups in total. The molecule has 2 aliphatic rings. The van der Waals surface area contributed by atoms with E-state index in [1.165, 1.54) is 4.90 Å². The summed E-state index contributed by atoms with van der Waals surface area (Å²) in [5.74, 6) is -0.591. The molecule has 0 radical (unpaired) electrons. The smallest absolute Gasteiger partial charge is 0.250 e. The fourth-order valence-electron chi connectivity index (χ4n) is 2.28. The van der Waals surface area contributed by atoms with Gasteiger partial charge in [0.05, 0.1) is 12.5 Å². The van der Waals surface area contributed by atoms with Crippen molar-refractivity contribution in [2.24, 2.45) is 11.7 Å². The number of piperidine rings is 1. The minimum absolute atomic E-state index is 0.114. The van der Waals surface area contributed by atoms with Gasteiger partial charge in [-0.05, 0) is 12.0 Å². The molecule has 4 nitrogen and oxygen atoms in total. The SMILES string of the molecule is NC12CC1C(=O)N(Cc1ccccc1)C2=O. The summed E-state index contributed by atoms with van der Waals surface area (Å²) in [4.78, 5) is 24.9. The summed E-state index contributed by atoms with van der Waals surface area (Å²) >= 11 is 0. The van der Waals surface area contributed by atoms with E-state index in [1.54, 1.807) is 0 Å². The maximum absolute atomic E-state index is 11.9. The standard InChI is InChI=1S/C12H12N2O2/c13-12-6-9(12)10(15)14(11(12)16)7-8-4-2-1-3-5-8/h1-5,9H,6-7,13H2. The number of hydrogen-bond acceptors (Lipinski definition) is 3. The van der Waals surface area contributed by atoms with E-state index in [1.807, 2.05) is 30.3 Å². The highest BCUT2D eigenvalue weighted by molar-refractivity contribution is 6.14. The summed E-state index contributed by atoms with van der Waals surface area (Å²) in [6.45, 7) is 0.341.